The zero-order valence-corrected chi connectivity index (χ0v) is 10.7. The minimum absolute atomic E-state index is 0.583. The van der Waals surface area contributed by atoms with Crippen molar-refractivity contribution in [3.05, 3.63) is 59.9 Å². The van der Waals surface area contributed by atoms with Crippen LogP contribution in [0, 0.1) is 0 Å². The lowest BCUT2D eigenvalue weighted by Gasteiger charge is -2.35. The Kier molecular flexibility index (Phi) is 3.84. The molecule has 0 heterocycles. The van der Waals surface area contributed by atoms with Crippen LogP contribution >= 0.6 is 0 Å². The molecule has 1 aliphatic rings. The summed E-state index contributed by atoms with van der Waals surface area (Å²) in [5, 5.41) is 10.5. The first kappa shape index (κ1) is 12.9. The first-order valence-electron chi connectivity index (χ1n) is 5.93. The van der Waals surface area contributed by atoms with Crippen LogP contribution < -0.4 is 0 Å². The molecule has 0 aliphatic heterocycles. The van der Waals surface area contributed by atoms with Crippen LogP contribution in [0.25, 0.3) is 0 Å². The third-order valence-corrected chi connectivity index (χ3v) is 3.35. The number of hydrogen-bond acceptors (Lipinski definition) is 3. The van der Waals surface area contributed by atoms with E-state index < -0.39 is 11.7 Å². The summed E-state index contributed by atoms with van der Waals surface area (Å²) in [4.78, 5) is 0. The van der Waals surface area contributed by atoms with E-state index in [9.17, 15) is 5.11 Å². The number of hydrogen-bond donors (Lipinski definition) is 1. The van der Waals surface area contributed by atoms with E-state index in [0.29, 0.717) is 6.42 Å². The molecule has 3 nitrogen and oxygen atoms in total. The van der Waals surface area contributed by atoms with Crippen LogP contribution in [-0.2, 0) is 9.47 Å². The molecule has 96 valence electrons. The van der Waals surface area contributed by atoms with E-state index in [0.717, 1.165) is 11.3 Å². The van der Waals surface area contributed by atoms with Crippen molar-refractivity contribution < 1.29 is 14.6 Å². The first-order valence-corrected chi connectivity index (χ1v) is 5.93. The van der Waals surface area contributed by atoms with Gasteiger partial charge in [-0.2, -0.15) is 0 Å². The van der Waals surface area contributed by atoms with E-state index in [-0.39, 0.29) is 0 Å². The Labute approximate surface area is 107 Å². The molecule has 1 aromatic rings. The highest BCUT2D eigenvalue weighted by Gasteiger charge is 2.37. The average molecular weight is 246 g/mol. The predicted molar refractivity (Wildman–Crippen MR) is 70.0 cm³/mol. The van der Waals surface area contributed by atoms with E-state index in [1.54, 1.807) is 14.2 Å². The van der Waals surface area contributed by atoms with Crippen molar-refractivity contribution in [2.45, 2.75) is 18.1 Å². The van der Waals surface area contributed by atoms with E-state index in [4.69, 9.17) is 9.47 Å². The van der Waals surface area contributed by atoms with Crippen molar-refractivity contribution >= 4 is 0 Å². The largest absolute Gasteiger partial charge is 0.497 e. The maximum absolute atomic E-state index is 10.5. The summed E-state index contributed by atoms with van der Waals surface area (Å²) in [6.07, 6.45) is 5.51. The van der Waals surface area contributed by atoms with Crippen molar-refractivity contribution in [3.8, 4) is 0 Å². The van der Waals surface area contributed by atoms with E-state index in [2.05, 4.69) is 0 Å². The predicted octanol–water partition coefficient (Wildman–Crippen LogP) is 2.60. The van der Waals surface area contributed by atoms with Crippen LogP contribution in [0.5, 0.6) is 0 Å². The molecule has 0 saturated carbocycles. The molecule has 2 unspecified atom stereocenters. The van der Waals surface area contributed by atoms with Crippen LogP contribution in [0.4, 0.5) is 0 Å². The van der Waals surface area contributed by atoms with Gasteiger partial charge in [0.1, 0.15) is 17.5 Å². The molecule has 0 bridgehead atoms. The second kappa shape index (κ2) is 5.38. The normalized spacial score (nSPS) is 24.5. The molecule has 2 rings (SSSR count). The molecular weight excluding hydrogens is 228 g/mol. The van der Waals surface area contributed by atoms with Crippen molar-refractivity contribution in [1.29, 1.82) is 0 Å². The molecule has 18 heavy (non-hydrogen) atoms. The lowest BCUT2D eigenvalue weighted by molar-refractivity contribution is -0.0705. The molecule has 3 heteroatoms. The quantitative estimate of drug-likeness (QED) is 0.887. The van der Waals surface area contributed by atoms with Gasteiger partial charge in [0, 0.05) is 13.5 Å². The summed E-state index contributed by atoms with van der Waals surface area (Å²) >= 11 is 0. The molecule has 0 fully saturated rings. The Balaban J connectivity index is 2.25. The third-order valence-electron chi connectivity index (χ3n) is 3.35. The fourth-order valence-electron chi connectivity index (χ4n) is 2.15. The molecule has 0 amide bonds. The maximum Gasteiger partial charge on any atom is 0.120 e. The zero-order chi connectivity index (χ0) is 13.0. The summed E-state index contributed by atoms with van der Waals surface area (Å²) in [7, 11) is 3.24. The van der Waals surface area contributed by atoms with Gasteiger partial charge < -0.3 is 14.6 Å². The molecule has 1 N–H and O–H groups in total. The lowest BCUT2D eigenvalue weighted by Crippen LogP contribution is -2.37. The minimum atomic E-state index is -0.719. The van der Waals surface area contributed by atoms with Crippen LogP contribution in [0.15, 0.2) is 54.3 Å². The summed E-state index contributed by atoms with van der Waals surface area (Å²) in [6.45, 7) is 0. The first-order chi connectivity index (χ1) is 8.72. The monoisotopic (exact) mass is 246 g/mol. The SMILES string of the molecule is COC1=CCC(OC)(C(O)c2ccccc2)C=C1. The van der Waals surface area contributed by atoms with Gasteiger partial charge in [-0.15, -0.1) is 0 Å². The number of methoxy groups -OCH3 is 2. The molecule has 2 atom stereocenters. The maximum atomic E-state index is 10.5. The molecule has 1 aromatic carbocycles. The highest BCUT2D eigenvalue weighted by atomic mass is 16.5. The number of rotatable bonds is 4. The molecule has 1 aliphatic carbocycles. The van der Waals surface area contributed by atoms with Crippen molar-refractivity contribution in [2.24, 2.45) is 0 Å². The zero-order valence-electron chi connectivity index (χ0n) is 10.7. The molecular formula is C15H18O3. The Hall–Kier alpha value is -1.58. The number of allylic oxidation sites excluding steroid dienone is 1. The Morgan fingerprint density at radius 3 is 2.44 bits per heavy atom. The smallest absolute Gasteiger partial charge is 0.120 e. The molecule has 0 radical (unpaired) electrons. The van der Waals surface area contributed by atoms with Crippen molar-refractivity contribution in [1.82, 2.24) is 0 Å². The second-order valence-electron chi connectivity index (χ2n) is 4.32. The van der Waals surface area contributed by atoms with E-state index >= 15 is 0 Å². The topological polar surface area (TPSA) is 38.7 Å². The molecule has 0 aromatic heterocycles. The van der Waals surface area contributed by atoms with Crippen LogP contribution in [0.3, 0.4) is 0 Å². The summed E-state index contributed by atoms with van der Waals surface area (Å²) in [5.74, 6) is 0.794. The Bertz CT molecular complexity index is 450. The van der Waals surface area contributed by atoms with Crippen LogP contribution in [0.1, 0.15) is 18.1 Å². The number of benzene rings is 1. The Morgan fingerprint density at radius 1 is 1.22 bits per heavy atom. The highest BCUT2D eigenvalue weighted by molar-refractivity contribution is 5.30. The van der Waals surface area contributed by atoms with Gasteiger partial charge in [0.05, 0.1) is 7.11 Å². The Morgan fingerprint density at radius 2 is 1.94 bits per heavy atom. The highest BCUT2D eigenvalue weighted by Crippen LogP contribution is 2.36. The fraction of sp³-hybridized carbons (Fsp3) is 0.333. The standard InChI is InChI=1S/C15H18O3/c1-17-13-8-10-15(18-2,11-9-13)14(16)12-6-4-3-5-7-12/h3-10,14,16H,11H2,1-2H3. The summed E-state index contributed by atoms with van der Waals surface area (Å²) in [5.41, 5.74) is 0.127. The number of aliphatic hydroxyl groups is 1. The summed E-state index contributed by atoms with van der Waals surface area (Å²) < 4.78 is 10.7. The van der Waals surface area contributed by atoms with Gasteiger partial charge in [0.15, 0.2) is 0 Å². The van der Waals surface area contributed by atoms with Crippen molar-refractivity contribution in [3.63, 3.8) is 0 Å². The van der Waals surface area contributed by atoms with Gasteiger partial charge in [-0.25, -0.2) is 0 Å². The van der Waals surface area contributed by atoms with Crippen LogP contribution in [-0.4, -0.2) is 24.9 Å². The number of aliphatic hydroxyl groups excluding tert-OH is 1. The van der Waals surface area contributed by atoms with Gasteiger partial charge in [-0.3, -0.25) is 0 Å². The van der Waals surface area contributed by atoms with Gasteiger partial charge in [-0.1, -0.05) is 30.3 Å². The third kappa shape index (κ3) is 2.33. The van der Waals surface area contributed by atoms with Crippen molar-refractivity contribution in [2.75, 3.05) is 14.2 Å². The van der Waals surface area contributed by atoms with Gasteiger partial charge in [0.2, 0.25) is 0 Å². The van der Waals surface area contributed by atoms with E-state index in [1.165, 1.54) is 0 Å². The molecule has 0 saturated heterocycles. The summed E-state index contributed by atoms with van der Waals surface area (Å²) in [6, 6.07) is 9.54. The molecule has 0 spiro atoms. The fourth-order valence-corrected chi connectivity index (χ4v) is 2.15. The van der Waals surface area contributed by atoms with Gasteiger partial charge in [0.25, 0.3) is 0 Å². The second-order valence-corrected chi connectivity index (χ2v) is 4.32. The van der Waals surface area contributed by atoms with Gasteiger partial charge >= 0.3 is 0 Å². The van der Waals surface area contributed by atoms with Gasteiger partial charge in [-0.05, 0) is 23.8 Å². The lowest BCUT2D eigenvalue weighted by atomic mass is 9.85. The minimum Gasteiger partial charge on any atom is -0.497 e. The average Bonchev–Trinajstić information content (AvgIpc) is 2.47. The number of ether oxygens (including phenoxy) is 2. The van der Waals surface area contributed by atoms with Crippen LogP contribution in [0.2, 0.25) is 0 Å². The van der Waals surface area contributed by atoms with E-state index in [1.807, 2.05) is 48.6 Å².